The van der Waals surface area contributed by atoms with E-state index in [0.29, 0.717) is 15.8 Å². The molecule has 0 fully saturated rings. The molecule has 0 aliphatic rings. The first-order valence-electron chi connectivity index (χ1n) is 4.27. The highest BCUT2D eigenvalue weighted by Gasteiger charge is 2.08. The lowest BCUT2D eigenvalue weighted by atomic mass is 10.3. The highest BCUT2D eigenvalue weighted by Crippen LogP contribution is 2.26. The topological polar surface area (TPSA) is 38.3 Å². The summed E-state index contributed by atoms with van der Waals surface area (Å²) in [7, 11) is 0. The average Bonchev–Trinajstić information content (AvgIpc) is 2.23. The molecule has 0 heterocycles. The van der Waals surface area contributed by atoms with Gasteiger partial charge in [0.15, 0.2) is 0 Å². The van der Waals surface area contributed by atoms with Gasteiger partial charge in [-0.2, -0.15) is 12.6 Å². The number of rotatable bonds is 3. The molecule has 0 spiro atoms. The molecule has 0 saturated heterocycles. The molecule has 86 valence electrons. The minimum atomic E-state index is -0.640. The van der Waals surface area contributed by atoms with Gasteiger partial charge in [0.2, 0.25) is 0 Å². The van der Waals surface area contributed by atoms with E-state index < -0.39 is 11.5 Å². The van der Waals surface area contributed by atoms with E-state index >= 15 is 0 Å². The van der Waals surface area contributed by atoms with E-state index in [1.165, 1.54) is 24.3 Å². The van der Waals surface area contributed by atoms with Crippen molar-refractivity contribution in [2.75, 3.05) is 0 Å². The van der Waals surface area contributed by atoms with E-state index in [4.69, 9.17) is 27.9 Å². The molecular weight excluding hydrogens is 269 g/mol. The number of ether oxygens (including phenoxy) is 1. The molecule has 0 saturated carbocycles. The number of amides is 1. The molecule has 1 atom stereocenters. The lowest BCUT2D eigenvalue weighted by Crippen LogP contribution is -2.31. The van der Waals surface area contributed by atoms with Crippen LogP contribution in [0.2, 0.25) is 10.0 Å². The maximum absolute atomic E-state index is 11.3. The smallest absolute Gasteiger partial charge is 0.410 e. The largest absolute Gasteiger partial charge is 0.413 e. The molecule has 16 heavy (non-hydrogen) atoms. The van der Waals surface area contributed by atoms with Crippen molar-refractivity contribution >= 4 is 41.9 Å². The van der Waals surface area contributed by atoms with Crippen molar-refractivity contribution in [2.24, 2.45) is 0 Å². The van der Waals surface area contributed by atoms with E-state index in [9.17, 15) is 4.79 Å². The van der Waals surface area contributed by atoms with E-state index in [0.717, 1.165) is 0 Å². The van der Waals surface area contributed by atoms with E-state index in [2.05, 4.69) is 24.5 Å². The zero-order chi connectivity index (χ0) is 12.1. The summed E-state index contributed by atoms with van der Waals surface area (Å²) < 4.78 is 4.93. The normalized spacial score (nSPS) is 11.7. The summed E-state index contributed by atoms with van der Waals surface area (Å²) in [6, 6.07) is 4.53. The molecule has 1 rings (SSSR count). The Kier molecular flexibility index (Phi) is 4.99. The number of hydrogen-bond acceptors (Lipinski definition) is 3. The van der Waals surface area contributed by atoms with Crippen LogP contribution in [0.4, 0.5) is 4.79 Å². The minimum absolute atomic E-state index is 0.302. The van der Waals surface area contributed by atoms with Crippen molar-refractivity contribution in [1.82, 2.24) is 5.32 Å². The zero-order valence-corrected chi connectivity index (χ0v) is 10.5. The SMILES string of the molecule is C=CC(S)NC(=O)Oc1ccc(Cl)c(Cl)c1. The lowest BCUT2D eigenvalue weighted by Gasteiger charge is -2.09. The third kappa shape index (κ3) is 3.96. The second-order valence-corrected chi connectivity index (χ2v) is 4.16. The zero-order valence-electron chi connectivity index (χ0n) is 8.11. The van der Waals surface area contributed by atoms with Gasteiger partial charge in [-0.25, -0.2) is 4.79 Å². The second-order valence-electron chi connectivity index (χ2n) is 2.79. The molecule has 0 aromatic heterocycles. The monoisotopic (exact) mass is 277 g/mol. The third-order valence-corrected chi connectivity index (χ3v) is 2.67. The summed E-state index contributed by atoms with van der Waals surface area (Å²) in [5.41, 5.74) is 0. The quantitative estimate of drug-likeness (QED) is 0.504. The van der Waals surface area contributed by atoms with E-state index in [1.807, 2.05) is 0 Å². The third-order valence-electron chi connectivity index (χ3n) is 1.59. The Morgan fingerprint density at radius 1 is 1.50 bits per heavy atom. The Morgan fingerprint density at radius 2 is 2.19 bits per heavy atom. The molecule has 0 radical (unpaired) electrons. The summed E-state index contributed by atoms with van der Waals surface area (Å²) in [5.74, 6) is 0.302. The lowest BCUT2D eigenvalue weighted by molar-refractivity contribution is 0.201. The Bertz CT molecular complexity index is 412. The number of carbonyl (C=O) groups excluding carboxylic acids is 1. The van der Waals surface area contributed by atoms with Gasteiger partial charge in [-0.1, -0.05) is 29.3 Å². The maximum Gasteiger partial charge on any atom is 0.413 e. The Balaban J connectivity index is 2.63. The van der Waals surface area contributed by atoms with Crippen LogP contribution >= 0.6 is 35.8 Å². The van der Waals surface area contributed by atoms with Crippen molar-refractivity contribution in [3.05, 3.63) is 40.9 Å². The molecule has 0 aliphatic carbocycles. The molecule has 1 aromatic rings. The van der Waals surface area contributed by atoms with Gasteiger partial charge in [-0.3, -0.25) is 0 Å². The summed E-state index contributed by atoms with van der Waals surface area (Å²) in [6.45, 7) is 3.46. The molecule has 0 bridgehead atoms. The Morgan fingerprint density at radius 3 is 2.75 bits per heavy atom. The molecule has 6 heteroatoms. The first-order chi connectivity index (χ1) is 7.52. The highest BCUT2D eigenvalue weighted by molar-refractivity contribution is 7.81. The number of carbonyl (C=O) groups is 1. The standard InChI is InChI=1S/C10H9Cl2NO2S/c1-2-9(16)13-10(14)15-6-3-4-7(11)8(12)5-6/h2-5,9,16H,1H2,(H,13,14). The molecule has 3 nitrogen and oxygen atoms in total. The summed E-state index contributed by atoms with van der Waals surface area (Å²) in [5, 5.41) is 2.67. The number of thiol groups is 1. The van der Waals surface area contributed by atoms with Crippen molar-refractivity contribution in [2.45, 2.75) is 5.37 Å². The van der Waals surface area contributed by atoms with Crippen LogP contribution in [0.15, 0.2) is 30.9 Å². The molecule has 1 N–H and O–H groups in total. The van der Waals surface area contributed by atoms with Crippen LogP contribution in [0.1, 0.15) is 0 Å². The van der Waals surface area contributed by atoms with Crippen LogP contribution in [-0.4, -0.2) is 11.5 Å². The van der Waals surface area contributed by atoms with Crippen molar-refractivity contribution in [3.63, 3.8) is 0 Å². The minimum Gasteiger partial charge on any atom is -0.410 e. The van der Waals surface area contributed by atoms with Gasteiger partial charge in [-0.05, 0) is 12.1 Å². The molecule has 0 aliphatic heterocycles. The van der Waals surface area contributed by atoms with Gasteiger partial charge in [-0.15, -0.1) is 6.58 Å². The van der Waals surface area contributed by atoms with Gasteiger partial charge in [0, 0.05) is 6.07 Å². The van der Waals surface area contributed by atoms with Crippen LogP contribution in [-0.2, 0) is 0 Å². The van der Waals surface area contributed by atoms with Crippen LogP contribution in [0.3, 0.4) is 0 Å². The number of nitrogens with one attached hydrogen (secondary N) is 1. The maximum atomic E-state index is 11.3. The Labute approximate surface area is 109 Å². The highest BCUT2D eigenvalue weighted by atomic mass is 35.5. The van der Waals surface area contributed by atoms with Crippen LogP contribution in [0.25, 0.3) is 0 Å². The molecule has 1 aromatic carbocycles. The number of halogens is 2. The predicted octanol–water partition coefficient (Wildman–Crippen LogP) is 3.52. The fourth-order valence-corrected chi connectivity index (χ4v) is 1.25. The number of hydrogen-bond donors (Lipinski definition) is 2. The van der Waals surface area contributed by atoms with Gasteiger partial charge in [0.05, 0.1) is 15.4 Å². The fraction of sp³-hybridized carbons (Fsp3) is 0.100. The van der Waals surface area contributed by atoms with Gasteiger partial charge in [0.25, 0.3) is 0 Å². The summed E-state index contributed by atoms with van der Waals surface area (Å²) in [4.78, 5) is 11.3. The first kappa shape index (κ1) is 13.2. The molecule has 1 unspecified atom stereocenters. The van der Waals surface area contributed by atoms with Crippen LogP contribution in [0.5, 0.6) is 5.75 Å². The van der Waals surface area contributed by atoms with E-state index in [1.54, 1.807) is 0 Å². The average molecular weight is 278 g/mol. The van der Waals surface area contributed by atoms with Crippen LogP contribution < -0.4 is 10.1 Å². The Hall–Kier alpha value is -0.840. The van der Waals surface area contributed by atoms with Crippen molar-refractivity contribution < 1.29 is 9.53 Å². The van der Waals surface area contributed by atoms with Crippen molar-refractivity contribution in [3.8, 4) is 5.75 Å². The number of benzene rings is 1. The predicted molar refractivity (Wildman–Crippen MR) is 68.6 cm³/mol. The summed E-state index contributed by atoms with van der Waals surface area (Å²) in [6.07, 6.45) is 0.817. The first-order valence-corrected chi connectivity index (χ1v) is 5.54. The summed E-state index contributed by atoms with van der Waals surface area (Å²) >= 11 is 15.5. The fourth-order valence-electron chi connectivity index (χ4n) is 0.857. The second kappa shape index (κ2) is 6.03. The molecule has 1 amide bonds. The van der Waals surface area contributed by atoms with Crippen LogP contribution in [0, 0.1) is 0 Å². The van der Waals surface area contributed by atoms with E-state index in [-0.39, 0.29) is 0 Å². The van der Waals surface area contributed by atoms with Gasteiger partial charge < -0.3 is 10.1 Å². The van der Waals surface area contributed by atoms with Gasteiger partial charge >= 0.3 is 6.09 Å². The molecular formula is C10H9Cl2NO2S. The van der Waals surface area contributed by atoms with Gasteiger partial charge in [0.1, 0.15) is 5.75 Å². The van der Waals surface area contributed by atoms with Crippen molar-refractivity contribution in [1.29, 1.82) is 0 Å².